The molecule has 8 heteroatoms. The lowest BCUT2D eigenvalue weighted by Crippen LogP contribution is -2.43. The Hall–Kier alpha value is -2.64. The number of rotatable bonds is 5. The molecule has 0 aliphatic carbocycles. The molecule has 0 radical (unpaired) electrons. The Morgan fingerprint density at radius 2 is 2.00 bits per heavy atom. The Morgan fingerprint density at radius 3 is 2.52 bits per heavy atom. The number of nitrogens with one attached hydrogen (secondary N) is 2. The SMILES string of the molecule is CNC(=O)C(C)(C)CNC(=O)c1cc(N)ccc1[N+](=O)[O-]. The van der Waals surface area contributed by atoms with Gasteiger partial charge < -0.3 is 16.4 Å². The van der Waals surface area contributed by atoms with Crippen molar-refractivity contribution in [2.45, 2.75) is 13.8 Å². The van der Waals surface area contributed by atoms with Crippen LogP contribution in [0.15, 0.2) is 18.2 Å². The fourth-order valence-corrected chi connectivity index (χ4v) is 1.71. The summed E-state index contributed by atoms with van der Waals surface area (Å²) in [5.41, 5.74) is 4.50. The number of amides is 2. The number of nitro benzene ring substituents is 1. The van der Waals surface area contributed by atoms with Gasteiger partial charge in [0, 0.05) is 25.3 Å². The number of carbonyl (C=O) groups is 2. The van der Waals surface area contributed by atoms with E-state index in [0.717, 1.165) is 0 Å². The molecule has 0 aliphatic heterocycles. The van der Waals surface area contributed by atoms with Crippen LogP contribution in [0.1, 0.15) is 24.2 Å². The van der Waals surface area contributed by atoms with Gasteiger partial charge in [-0.2, -0.15) is 0 Å². The van der Waals surface area contributed by atoms with E-state index < -0.39 is 16.2 Å². The van der Waals surface area contributed by atoms with Gasteiger partial charge in [0.2, 0.25) is 5.91 Å². The standard InChI is InChI=1S/C13H18N4O4/c1-13(2,12(19)15-3)7-16-11(18)9-6-8(14)4-5-10(9)17(20)21/h4-6H,7,14H2,1-3H3,(H,15,19)(H,16,18). The summed E-state index contributed by atoms with van der Waals surface area (Å²) in [6, 6.07) is 3.76. The molecule has 8 nitrogen and oxygen atoms in total. The highest BCUT2D eigenvalue weighted by atomic mass is 16.6. The summed E-state index contributed by atoms with van der Waals surface area (Å²) in [6.45, 7) is 3.34. The zero-order chi connectivity index (χ0) is 16.2. The molecule has 1 rings (SSSR count). The number of nitrogens with zero attached hydrogens (tertiary/aromatic N) is 1. The molecule has 0 saturated heterocycles. The Balaban J connectivity index is 2.93. The fourth-order valence-electron chi connectivity index (χ4n) is 1.71. The molecule has 1 aromatic rings. The van der Waals surface area contributed by atoms with Crippen LogP contribution in [0.5, 0.6) is 0 Å². The normalized spacial score (nSPS) is 10.8. The molecule has 0 heterocycles. The lowest BCUT2D eigenvalue weighted by molar-refractivity contribution is -0.385. The van der Waals surface area contributed by atoms with E-state index in [1.54, 1.807) is 13.8 Å². The molecule has 0 aliphatic rings. The molecule has 0 fully saturated rings. The van der Waals surface area contributed by atoms with Gasteiger partial charge in [0.25, 0.3) is 11.6 Å². The number of benzene rings is 1. The molecule has 2 amide bonds. The van der Waals surface area contributed by atoms with Crippen molar-refractivity contribution in [2.24, 2.45) is 5.41 Å². The molecule has 0 atom stereocenters. The van der Waals surface area contributed by atoms with Crippen LogP contribution < -0.4 is 16.4 Å². The second-order valence-corrected chi connectivity index (χ2v) is 5.18. The molecule has 114 valence electrons. The topological polar surface area (TPSA) is 127 Å². The number of hydrogen-bond donors (Lipinski definition) is 3. The first-order valence-electron chi connectivity index (χ1n) is 6.23. The van der Waals surface area contributed by atoms with Gasteiger partial charge in [0.05, 0.1) is 10.3 Å². The van der Waals surface area contributed by atoms with E-state index in [0.29, 0.717) is 0 Å². The molecule has 21 heavy (non-hydrogen) atoms. The van der Waals surface area contributed by atoms with Crippen LogP contribution >= 0.6 is 0 Å². The van der Waals surface area contributed by atoms with Gasteiger partial charge in [-0.1, -0.05) is 0 Å². The number of nitrogen functional groups attached to an aromatic ring is 1. The van der Waals surface area contributed by atoms with Gasteiger partial charge in [0.1, 0.15) is 5.56 Å². The minimum Gasteiger partial charge on any atom is -0.399 e. The first-order chi connectivity index (χ1) is 9.69. The highest BCUT2D eigenvalue weighted by Gasteiger charge is 2.28. The summed E-state index contributed by atoms with van der Waals surface area (Å²) in [5, 5.41) is 15.9. The number of carbonyl (C=O) groups excluding carboxylic acids is 2. The summed E-state index contributed by atoms with van der Waals surface area (Å²) in [5.74, 6) is -0.893. The maximum absolute atomic E-state index is 12.1. The predicted molar refractivity (Wildman–Crippen MR) is 77.7 cm³/mol. The van der Waals surface area contributed by atoms with Gasteiger partial charge in [0.15, 0.2) is 0 Å². The van der Waals surface area contributed by atoms with Crippen molar-refractivity contribution in [1.82, 2.24) is 10.6 Å². The highest BCUT2D eigenvalue weighted by Crippen LogP contribution is 2.21. The van der Waals surface area contributed by atoms with Crippen LogP contribution in [0.3, 0.4) is 0 Å². The van der Waals surface area contributed by atoms with Crippen LogP contribution in [0, 0.1) is 15.5 Å². The molecule has 4 N–H and O–H groups in total. The Labute approximate surface area is 121 Å². The average Bonchev–Trinajstić information content (AvgIpc) is 2.43. The zero-order valence-corrected chi connectivity index (χ0v) is 12.1. The molecule has 0 bridgehead atoms. The van der Waals surface area contributed by atoms with E-state index in [4.69, 9.17) is 5.73 Å². The maximum Gasteiger partial charge on any atom is 0.282 e. The van der Waals surface area contributed by atoms with Gasteiger partial charge in [-0.25, -0.2) is 0 Å². The molecular weight excluding hydrogens is 276 g/mol. The monoisotopic (exact) mass is 294 g/mol. The number of anilines is 1. The van der Waals surface area contributed by atoms with Crippen LogP contribution in [-0.2, 0) is 4.79 Å². The van der Waals surface area contributed by atoms with Crippen molar-refractivity contribution < 1.29 is 14.5 Å². The van der Waals surface area contributed by atoms with Crippen molar-refractivity contribution in [3.8, 4) is 0 Å². The van der Waals surface area contributed by atoms with Crippen LogP contribution in [0.25, 0.3) is 0 Å². The van der Waals surface area contributed by atoms with Gasteiger partial charge in [-0.15, -0.1) is 0 Å². The van der Waals surface area contributed by atoms with Crippen LogP contribution in [0.4, 0.5) is 11.4 Å². The van der Waals surface area contributed by atoms with Crippen molar-refractivity contribution >= 4 is 23.2 Å². The Kier molecular flexibility index (Phi) is 4.85. The van der Waals surface area contributed by atoms with Crippen molar-refractivity contribution in [2.75, 3.05) is 19.3 Å². The fraction of sp³-hybridized carbons (Fsp3) is 0.385. The lowest BCUT2D eigenvalue weighted by Gasteiger charge is -2.22. The van der Waals surface area contributed by atoms with Crippen LogP contribution in [-0.4, -0.2) is 30.3 Å². The van der Waals surface area contributed by atoms with E-state index in [2.05, 4.69) is 10.6 Å². The summed E-state index contributed by atoms with van der Waals surface area (Å²) >= 11 is 0. The second-order valence-electron chi connectivity index (χ2n) is 5.18. The largest absolute Gasteiger partial charge is 0.399 e. The third kappa shape index (κ3) is 3.91. The Morgan fingerprint density at radius 1 is 1.38 bits per heavy atom. The van der Waals surface area contributed by atoms with Crippen LogP contribution in [0.2, 0.25) is 0 Å². The van der Waals surface area contributed by atoms with Crippen molar-refractivity contribution in [1.29, 1.82) is 0 Å². The minimum atomic E-state index is -0.834. The number of nitro groups is 1. The van der Waals surface area contributed by atoms with Gasteiger partial charge in [-0.05, 0) is 26.0 Å². The van der Waals surface area contributed by atoms with E-state index in [1.165, 1.54) is 25.2 Å². The molecular formula is C13H18N4O4. The second kappa shape index (κ2) is 6.21. The van der Waals surface area contributed by atoms with E-state index in [9.17, 15) is 19.7 Å². The molecule has 0 saturated carbocycles. The summed E-state index contributed by atoms with van der Waals surface area (Å²) < 4.78 is 0. The average molecular weight is 294 g/mol. The Bertz CT molecular complexity index is 584. The van der Waals surface area contributed by atoms with E-state index in [1.807, 2.05) is 0 Å². The maximum atomic E-state index is 12.1. The number of hydrogen-bond acceptors (Lipinski definition) is 5. The van der Waals surface area contributed by atoms with Gasteiger partial charge >= 0.3 is 0 Å². The number of nitrogens with two attached hydrogens (primary N) is 1. The zero-order valence-electron chi connectivity index (χ0n) is 12.1. The quantitative estimate of drug-likeness (QED) is 0.418. The first-order valence-corrected chi connectivity index (χ1v) is 6.23. The minimum absolute atomic E-state index is 0.0391. The smallest absolute Gasteiger partial charge is 0.282 e. The van der Waals surface area contributed by atoms with Crippen molar-refractivity contribution in [3.63, 3.8) is 0 Å². The van der Waals surface area contributed by atoms with E-state index >= 15 is 0 Å². The highest BCUT2D eigenvalue weighted by molar-refractivity contribution is 5.99. The molecule has 1 aromatic carbocycles. The lowest BCUT2D eigenvalue weighted by atomic mass is 9.92. The summed E-state index contributed by atoms with van der Waals surface area (Å²) in [4.78, 5) is 34.0. The predicted octanol–water partition coefficient (Wildman–Crippen LogP) is 0.679. The third-order valence-corrected chi connectivity index (χ3v) is 2.99. The summed E-state index contributed by atoms with van der Waals surface area (Å²) in [6.07, 6.45) is 0. The molecule has 0 aromatic heterocycles. The molecule has 0 unspecified atom stereocenters. The summed E-state index contributed by atoms with van der Waals surface area (Å²) in [7, 11) is 1.49. The van der Waals surface area contributed by atoms with E-state index in [-0.39, 0.29) is 29.4 Å². The van der Waals surface area contributed by atoms with Crippen molar-refractivity contribution in [3.05, 3.63) is 33.9 Å². The third-order valence-electron chi connectivity index (χ3n) is 2.99. The first kappa shape index (κ1) is 16.4. The molecule has 0 spiro atoms. The van der Waals surface area contributed by atoms with Gasteiger partial charge in [-0.3, -0.25) is 19.7 Å².